The number of unbranched alkanes of at least 4 members (excludes halogenated alkanes) is 1. The van der Waals surface area contributed by atoms with Crippen LogP contribution < -0.4 is 5.73 Å². The van der Waals surface area contributed by atoms with Gasteiger partial charge < -0.3 is 10.6 Å². The molecular weight excluding hydrogens is 156 g/mol. The highest BCUT2D eigenvalue weighted by Gasteiger charge is 2.35. The Hall–Kier alpha value is -0.900. The van der Waals surface area contributed by atoms with Gasteiger partial charge in [0.05, 0.1) is 6.04 Å². The van der Waals surface area contributed by atoms with Crippen molar-refractivity contribution < 1.29 is 9.59 Å². The fourth-order valence-corrected chi connectivity index (χ4v) is 1.26. The molecule has 1 aliphatic heterocycles. The number of Topliss-reactive ketones (excluding diaryl/α,β-unsaturated/α-hetero) is 1. The molecule has 0 aromatic carbocycles. The van der Waals surface area contributed by atoms with Crippen molar-refractivity contribution in [2.24, 2.45) is 5.73 Å². The average Bonchev–Trinajstić information content (AvgIpc) is 2.30. The number of hydrogen-bond donors (Lipinski definition) is 1. The molecule has 0 radical (unpaired) electrons. The van der Waals surface area contributed by atoms with Crippen molar-refractivity contribution in [2.75, 3.05) is 13.1 Å². The smallest absolute Gasteiger partial charge is 0.291 e. The zero-order valence-electron chi connectivity index (χ0n) is 7.25. The number of nitrogens with zero attached hydrogens (tertiary/aromatic N) is 1. The summed E-state index contributed by atoms with van der Waals surface area (Å²) in [6, 6.07) is -0.589. The summed E-state index contributed by atoms with van der Waals surface area (Å²) in [6.07, 6.45) is 1.96. The van der Waals surface area contributed by atoms with E-state index in [1.807, 2.05) is 6.92 Å². The van der Waals surface area contributed by atoms with Gasteiger partial charge in [-0.2, -0.15) is 0 Å². The van der Waals surface area contributed by atoms with Gasteiger partial charge in [-0.25, -0.2) is 0 Å². The Morgan fingerprint density at radius 2 is 2.25 bits per heavy atom. The zero-order valence-corrected chi connectivity index (χ0v) is 7.25. The van der Waals surface area contributed by atoms with Gasteiger partial charge in [-0.05, 0) is 6.42 Å². The van der Waals surface area contributed by atoms with E-state index in [9.17, 15) is 9.59 Å². The van der Waals surface area contributed by atoms with Gasteiger partial charge in [-0.15, -0.1) is 0 Å². The first kappa shape index (κ1) is 9.19. The number of ketones is 1. The van der Waals surface area contributed by atoms with Crippen LogP contribution in [0.2, 0.25) is 0 Å². The van der Waals surface area contributed by atoms with Crippen molar-refractivity contribution in [2.45, 2.75) is 25.8 Å². The van der Waals surface area contributed by atoms with Crippen LogP contribution in [0.4, 0.5) is 0 Å². The van der Waals surface area contributed by atoms with Crippen LogP contribution in [0.1, 0.15) is 19.8 Å². The van der Waals surface area contributed by atoms with Crippen LogP contribution in [-0.2, 0) is 9.59 Å². The summed E-state index contributed by atoms with van der Waals surface area (Å²) >= 11 is 0. The number of nitrogens with two attached hydrogens (primary N) is 1. The van der Waals surface area contributed by atoms with Crippen molar-refractivity contribution in [1.82, 2.24) is 4.90 Å². The van der Waals surface area contributed by atoms with Gasteiger partial charge in [0.15, 0.2) is 0 Å². The van der Waals surface area contributed by atoms with E-state index in [-0.39, 0.29) is 0 Å². The zero-order chi connectivity index (χ0) is 9.14. The monoisotopic (exact) mass is 170 g/mol. The lowest BCUT2D eigenvalue weighted by atomic mass is 10.3. The molecule has 2 N–H and O–H groups in total. The Balaban J connectivity index is 2.47. The fraction of sp³-hybridized carbons (Fsp3) is 0.750. The Morgan fingerprint density at radius 3 is 2.67 bits per heavy atom. The Bertz CT molecular complexity index is 203. The molecule has 4 nitrogen and oxygen atoms in total. The minimum absolute atomic E-state index is 0.400. The average molecular weight is 170 g/mol. The van der Waals surface area contributed by atoms with E-state index in [1.54, 1.807) is 0 Å². The van der Waals surface area contributed by atoms with E-state index in [0.717, 1.165) is 12.8 Å². The normalized spacial score (nSPS) is 23.8. The quantitative estimate of drug-likeness (QED) is 0.582. The largest absolute Gasteiger partial charge is 0.334 e. The number of carbonyl (C=O) groups is 2. The number of rotatable bonds is 3. The molecule has 0 aromatic rings. The summed E-state index contributed by atoms with van der Waals surface area (Å²) in [4.78, 5) is 23.6. The third-order valence-electron chi connectivity index (χ3n) is 2.03. The molecular formula is C8H14N2O2. The SMILES string of the molecule is CCCCN1CC(N)C(=O)C1=O. The standard InChI is InChI=1S/C8H14N2O2/c1-2-3-4-10-5-6(9)7(11)8(10)12/h6H,2-5,9H2,1H3. The van der Waals surface area contributed by atoms with Crippen LogP contribution in [0.5, 0.6) is 0 Å². The first-order valence-electron chi connectivity index (χ1n) is 4.25. The third kappa shape index (κ3) is 1.64. The predicted octanol–water partition coefficient (Wildman–Crippen LogP) is -0.475. The van der Waals surface area contributed by atoms with Crippen molar-refractivity contribution in [3.63, 3.8) is 0 Å². The molecule has 68 valence electrons. The molecule has 1 rings (SSSR count). The van der Waals surface area contributed by atoms with Crippen molar-refractivity contribution >= 4 is 11.7 Å². The molecule has 1 saturated heterocycles. The topological polar surface area (TPSA) is 63.4 Å². The van der Waals surface area contributed by atoms with Crippen molar-refractivity contribution in [3.8, 4) is 0 Å². The summed E-state index contributed by atoms with van der Waals surface area (Å²) in [5.41, 5.74) is 5.42. The van der Waals surface area contributed by atoms with E-state index in [2.05, 4.69) is 0 Å². The molecule has 0 saturated carbocycles. The predicted molar refractivity (Wildman–Crippen MR) is 44.5 cm³/mol. The molecule has 1 fully saturated rings. The van der Waals surface area contributed by atoms with Crippen LogP contribution in [0.25, 0.3) is 0 Å². The summed E-state index contributed by atoms with van der Waals surface area (Å²) in [7, 11) is 0. The van der Waals surface area contributed by atoms with Crippen LogP contribution in [0, 0.1) is 0 Å². The molecule has 12 heavy (non-hydrogen) atoms. The minimum atomic E-state index is -0.589. The van der Waals surface area contributed by atoms with E-state index in [0.29, 0.717) is 13.1 Å². The summed E-state index contributed by atoms with van der Waals surface area (Å²) < 4.78 is 0. The maximum absolute atomic E-state index is 11.1. The Morgan fingerprint density at radius 1 is 1.58 bits per heavy atom. The Kier molecular flexibility index (Phi) is 2.81. The lowest BCUT2D eigenvalue weighted by Gasteiger charge is -2.13. The van der Waals surface area contributed by atoms with Gasteiger partial charge in [-0.3, -0.25) is 9.59 Å². The van der Waals surface area contributed by atoms with Gasteiger partial charge in [0.1, 0.15) is 0 Å². The van der Waals surface area contributed by atoms with E-state index in [4.69, 9.17) is 5.73 Å². The Labute approximate surface area is 71.7 Å². The molecule has 1 amide bonds. The van der Waals surface area contributed by atoms with Gasteiger partial charge in [0, 0.05) is 13.1 Å². The van der Waals surface area contributed by atoms with Crippen molar-refractivity contribution in [3.05, 3.63) is 0 Å². The molecule has 0 spiro atoms. The molecule has 4 heteroatoms. The van der Waals surface area contributed by atoms with Crippen LogP contribution in [-0.4, -0.2) is 35.7 Å². The number of hydrogen-bond acceptors (Lipinski definition) is 3. The second-order valence-electron chi connectivity index (χ2n) is 3.08. The van der Waals surface area contributed by atoms with Gasteiger partial charge in [0.25, 0.3) is 5.91 Å². The third-order valence-corrected chi connectivity index (χ3v) is 2.03. The molecule has 0 aliphatic carbocycles. The molecule has 1 atom stereocenters. The molecule has 1 unspecified atom stereocenters. The lowest BCUT2D eigenvalue weighted by molar-refractivity contribution is -0.140. The van der Waals surface area contributed by atoms with Crippen molar-refractivity contribution in [1.29, 1.82) is 0 Å². The first-order valence-corrected chi connectivity index (χ1v) is 4.25. The molecule has 1 heterocycles. The maximum atomic E-state index is 11.1. The van der Waals surface area contributed by atoms with E-state index in [1.165, 1.54) is 4.90 Å². The highest BCUT2D eigenvalue weighted by Crippen LogP contribution is 2.06. The second-order valence-corrected chi connectivity index (χ2v) is 3.08. The summed E-state index contributed by atoms with van der Waals surface area (Å²) in [6.45, 7) is 3.11. The molecule has 0 aromatic heterocycles. The van der Waals surface area contributed by atoms with Crippen LogP contribution >= 0.6 is 0 Å². The van der Waals surface area contributed by atoms with E-state index < -0.39 is 17.7 Å². The van der Waals surface area contributed by atoms with Gasteiger partial charge in [0.2, 0.25) is 5.78 Å². The molecule has 0 bridgehead atoms. The number of likely N-dealkylation sites (tertiary alicyclic amines) is 1. The highest BCUT2D eigenvalue weighted by atomic mass is 16.2. The summed E-state index contributed by atoms with van der Waals surface area (Å²) in [5, 5.41) is 0. The summed E-state index contributed by atoms with van der Waals surface area (Å²) in [5.74, 6) is -0.845. The minimum Gasteiger partial charge on any atom is -0.334 e. The van der Waals surface area contributed by atoms with Gasteiger partial charge in [-0.1, -0.05) is 13.3 Å². The number of amides is 1. The first-order chi connectivity index (χ1) is 5.66. The van der Waals surface area contributed by atoms with Gasteiger partial charge >= 0.3 is 0 Å². The number of carbonyl (C=O) groups excluding carboxylic acids is 2. The van der Waals surface area contributed by atoms with E-state index >= 15 is 0 Å². The van der Waals surface area contributed by atoms with Crippen LogP contribution in [0.3, 0.4) is 0 Å². The lowest BCUT2D eigenvalue weighted by Crippen LogP contribution is -2.29. The maximum Gasteiger partial charge on any atom is 0.291 e. The highest BCUT2D eigenvalue weighted by molar-refractivity contribution is 6.40. The second kappa shape index (κ2) is 3.67. The molecule has 1 aliphatic rings. The van der Waals surface area contributed by atoms with Crippen LogP contribution in [0.15, 0.2) is 0 Å². The fourth-order valence-electron chi connectivity index (χ4n) is 1.26.